The lowest BCUT2D eigenvalue weighted by Crippen LogP contribution is -2.25. The highest BCUT2D eigenvalue weighted by Crippen LogP contribution is 2.28. The Morgan fingerprint density at radius 2 is 2.11 bits per heavy atom. The molecule has 0 unspecified atom stereocenters. The van der Waals surface area contributed by atoms with Gasteiger partial charge in [0.2, 0.25) is 0 Å². The quantitative estimate of drug-likeness (QED) is 0.784. The zero-order chi connectivity index (χ0) is 13.8. The molecule has 1 amide bonds. The molecule has 6 nitrogen and oxygen atoms in total. The fraction of sp³-hybridized carbons (Fsp3) is 0.308. The molecule has 19 heavy (non-hydrogen) atoms. The average Bonchev–Trinajstić information content (AvgIpc) is 2.37. The summed E-state index contributed by atoms with van der Waals surface area (Å²) >= 11 is 0. The van der Waals surface area contributed by atoms with Crippen LogP contribution in [0.4, 0.5) is 5.69 Å². The van der Waals surface area contributed by atoms with E-state index in [1.54, 1.807) is 18.2 Å². The Hall–Kier alpha value is -2.37. The fourth-order valence-electron chi connectivity index (χ4n) is 1.80. The first kappa shape index (κ1) is 13.1. The molecule has 0 bridgehead atoms. The normalized spacial score (nSPS) is 13.2. The molecule has 0 saturated heterocycles. The van der Waals surface area contributed by atoms with E-state index in [0.717, 1.165) is 0 Å². The van der Waals surface area contributed by atoms with Gasteiger partial charge in [-0.05, 0) is 24.6 Å². The van der Waals surface area contributed by atoms with Gasteiger partial charge in [0.05, 0.1) is 5.69 Å². The molecular weight excluding hydrogens is 250 g/mol. The molecule has 0 aromatic heterocycles. The number of nitrogens with one attached hydrogen (secondary N) is 1. The van der Waals surface area contributed by atoms with Gasteiger partial charge in [-0.15, -0.1) is 0 Å². The van der Waals surface area contributed by atoms with Crippen molar-refractivity contribution in [2.75, 3.05) is 11.9 Å². The lowest BCUT2D eigenvalue weighted by molar-refractivity contribution is -0.137. The highest BCUT2D eigenvalue weighted by Gasteiger charge is 2.17. The number of hydrogen-bond acceptors (Lipinski definition) is 4. The monoisotopic (exact) mass is 263 g/mol. The van der Waals surface area contributed by atoms with Crippen molar-refractivity contribution in [2.45, 2.75) is 19.3 Å². The van der Waals surface area contributed by atoms with Crippen LogP contribution in [0.2, 0.25) is 0 Å². The zero-order valence-electron chi connectivity index (χ0n) is 10.1. The topological polar surface area (TPSA) is 92.7 Å². The van der Waals surface area contributed by atoms with Crippen LogP contribution in [-0.2, 0) is 9.59 Å². The highest BCUT2D eigenvalue weighted by molar-refractivity contribution is 6.00. The number of fused-ring (bicyclic) bond motifs is 1. The molecule has 6 heteroatoms. The van der Waals surface area contributed by atoms with Crippen molar-refractivity contribution in [3.63, 3.8) is 0 Å². The van der Waals surface area contributed by atoms with Crippen LogP contribution < -0.4 is 10.1 Å². The van der Waals surface area contributed by atoms with E-state index in [0.29, 0.717) is 23.4 Å². The van der Waals surface area contributed by atoms with Crippen molar-refractivity contribution in [1.82, 2.24) is 0 Å². The number of anilines is 1. The van der Waals surface area contributed by atoms with Crippen molar-refractivity contribution < 1.29 is 24.2 Å². The van der Waals surface area contributed by atoms with Crippen LogP contribution in [0.3, 0.4) is 0 Å². The molecule has 0 aliphatic carbocycles. The predicted octanol–water partition coefficient (Wildman–Crippen LogP) is 1.46. The second-order valence-corrected chi connectivity index (χ2v) is 4.22. The fourth-order valence-corrected chi connectivity index (χ4v) is 1.80. The zero-order valence-corrected chi connectivity index (χ0v) is 10.1. The number of ether oxygens (including phenoxy) is 1. The molecule has 0 saturated carbocycles. The second-order valence-electron chi connectivity index (χ2n) is 4.22. The Labute approximate surface area is 109 Å². The molecule has 1 heterocycles. The van der Waals surface area contributed by atoms with E-state index in [-0.39, 0.29) is 31.1 Å². The molecule has 0 radical (unpaired) electrons. The standard InChI is InChI=1S/C13H13NO5/c15-10(2-1-3-13(17)18)8-4-5-11-9(6-8)14-12(16)7-19-11/h4-6H,1-3,7H2,(H,14,16)(H,17,18). The van der Waals surface area contributed by atoms with E-state index in [4.69, 9.17) is 9.84 Å². The number of ketones is 1. The first-order chi connectivity index (χ1) is 9.06. The second kappa shape index (κ2) is 5.51. The summed E-state index contributed by atoms with van der Waals surface area (Å²) in [6, 6.07) is 4.79. The molecule has 2 rings (SSSR count). The lowest BCUT2D eigenvalue weighted by Gasteiger charge is -2.18. The molecule has 0 spiro atoms. The smallest absolute Gasteiger partial charge is 0.303 e. The van der Waals surface area contributed by atoms with Crippen LogP contribution in [0, 0.1) is 0 Å². The van der Waals surface area contributed by atoms with Crippen LogP contribution in [-0.4, -0.2) is 29.4 Å². The van der Waals surface area contributed by atoms with Crippen molar-refractivity contribution in [3.05, 3.63) is 23.8 Å². The van der Waals surface area contributed by atoms with E-state index >= 15 is 0 Å². The number of hydrogen-bond donors (Lipinski definition) is 2. The Morgan fingerprint density at radius 3 is 2.84 bits per heavy atom. The van der Waals surface area contributed by atoms with Crippen molar-refractivity contribution in [3.8, 4) is 5.75 Å². The number of rotatable bonds is 5. The minimum atomic E-state index is -0.918. The number of Topliss-reactive ketones (excluding diaryl/α,β-unsaturated/α-hetero) is 1. The van der Waals surface area contributed by atoms with E-state index < -0.39 is 5.97 Å². The van der Waals surface area contributed by atoms with Gasteiger partial charge < -0.3 is 15.2 Å². The van der Waals surface area contributed by atoms with Crippen molar-refractivity contribution >= 4 is 23.3 Å². The Morgan fingerprint density at radius 1 is 1.32 bits per heavy atom. The van der Waals surface area contributed by atoms with Crippen molar-refractivity contribution in [2.24, 2.45) is 0 Å². The third-order valence-corrected chi connectivity index (χ3v) is 2.73. The van der Waals surface area contributed by atoms with Crippen LogP contribution in [0.25, 0.3) is 0 Å². The molecular formula is C13H13NO5. The highest BCUT2D eigenvalue weighted by atomic mass is 16.5. The summed E-state index contributed by atoms with van der Waals surface area (Å²) in [4.78, 5) is 33.4. The van der Waals surface area contributed by atoms with Gasteiger partial charge in [-0.1, -0.05) is 0 Å². The lowest BCUT2D eigenvalue weighted by atomic mass is 10.0. The van der Waals surface area contributed by atoms with Gasteiger partial charge in [-0.25, -0.2) is 0 Å². The first-order valence-corrected chi connectivity index (χ1v) is 5.88. The van der Waals surface area contributed by atoms with Gasteiger partial charge in [0.1, 0.15) is 5.75 Å². The summed E-state index contributed by atoms with van der Waals surface area (Å²) < 4.78 is 5.18. The molecule has 1 aromatic rings. The van der Waals surface area contributed by atoms with E-state index in [1.807, 2.05) is 0 Å². The third-order valence-electron chi connectivity index (χ3n) is 2.73. The summed E-state index contributed by atoms with van der Waals surface area (Å²) in [5.41, 5.74) is 0.912. The van der Waals surface area contributed by atoms with Gasteiger partial charge in [0.25, 0.3) is 5.91 Å². The largest absolute Gasteiger partial charge is 0.482 e. The van der Waals surface area contributed by atoms with Crippen molar-refractivity contribution in [1.29, 1.82) is 0 Å². The molecule has 0 fully saturated rings. The molecule has 2 N–H and O–H groups in total. The Kier molecular flexibility index (Phi) is 3.79. The van der Waals surface area contributed by atoms with E-state index in [2.05, 4.69) is 5.32 Å². The maximum absolute atomic E-state index is 11.8. The van der Waals surface area contributed by atoms with Crippen LogP contribution >= 0.6 is 0 Å². The minimum Gasteiger partial charge on any atom is -0.482 e. The van der Waals surface area contributed by atoms with Crippen LogP contribution in [0.15, 0.2) is 18.2 Å². The summed E-state index contributed by atoms with van der Waals surface area (Å²) in [5, 5.41) is 11.1. The molecule has 1 aliphatic rings. The number of carbonyl (C=O) groups is 3. The Balaban J connectivity index is 2.04. The van der Waals surface area contributed by atoms with E-state index in [9.17, 15) is 14.4 Å². The number of carbonyl (C=O) groups excluding carboxylic acids is 2. The molecule has 1 aliphatic heterocycles. The molecule has 0 atom stereocenters. The summed E-state index contributed by atoms with van der Waals surface area (Å²) in [5.74, 6) is -0.799. The first-order valence-electron chi connectivity index (χ1n) is 5.88. The summed E-state index contributed by atoms with van der Waals surface area (Å²) in [6.45, 7) is -0.0289. The number of carboxylic acids is 1. The number of benzene rings is 1. The van der Waals surface area contributed by atoms with Gasteiger partial charge in [0, 0.05) is 18.4 Å². The average molecular weight is 263 g/mol. The molecule has 1 aromatic carbocycles. The predicted molar refractivity (Wildman–Crippen MR) is 66.4 cm³/mol. The number of aliphatic carboxylic acids is 1. The van der Waals surface area contributed by atoms with Crippen LogP contribution in [0.1, 0.15) is 29.6 Å². The third kappa shape index (κ3) is 3.31. The minimum absolute atomic E-state index is 0.0289. The molecule has 100 valence electrons. The maximum atomic E-state index is 11.8. The van der Waals surface area contributed by atoms with Crippen LogP contribution in [0.5, 0.6) is 5.75 Å². The number of amides is 1. The Bertz CT molecular complexity index is 538. The van der Waals surface area contributed by atoms with E-state index in [1.165, 1.54) is 0 Å². The van der Waals surface area contributed by atoms with Gasteiger partial charge in [-0.2, -0.15) is 0 Å². The SMILES string of the molecule is O=C(O)CCCC(=O)c1ccc2c(c1)NC(=O)CO2. The van der Waals surface area contributed by atoms with Gasteiger partial charge in [0.15, 0.2) is 12.4 Å². The summed E-state index contributed by atoms with van der Waals surface area (Å²) in [6.07, 6.45) is 0.435. The summed E-state index contributed by atoms with van der Waals surface area (Å²) in [7, 11) is 0. The number of carboxylic acid groups (broad SMARTS) is 1. The van der Waals surface area contributed by atoms with Gasteiger partial charge >= 0.3 is 5.97 Å². The maximum Gasteiger partial charge on any atom is 0.303 e. The van der Waals surface area contributed by atoms with Gasteiger partial charge in [-0.3, -0.25) is 14.4 Å².